The van der Waals surface area contributed by atoms with Crippen molar-refractivity contribution in [1.82, 2.24) is 15.1 Å². The highest BCUT2D eigenvalue weighted by atomic mass is 19.1. The van der Waals surface area contributed by atoms with Gasteiger partial charge in [0, 0.05) is 11.1 Å². The van der Waals surface area contributed by atoms with Gasteiger partial charge in [-0.2, -0.15) is 10.4 Å². The molecule has 0 unspecified atom stereocenters. The van der Waals surface area contributed by atoms with Crippen molar-refractivity contribution in [2.24, 2.45) is 0 Å². The minimum atomic E-state index is -0.340. The summed E-state index contributed by atoms with van der Waals surface area (Å²) in [4.78, 5) is 1.62. The second kappa shape index (κ2) is 5.09. The highest BCUT2D eigenvalue weighted by Gasteiger charge is 2.26. The van der Waals surface area contributed by atoms with Crippen LogP contribution in [-0.4, -0.2) is 21.2 Å². The summed E-state index contributed by atoms with van der Waals surface area (Å²) in [5.41, 5.74) is 3.08. The first-order chi connectivity index (χ1) is 10.1. The van der Waals surface area contributed by atoms with Gasteiger partial charge in [0.2, 0.25) is 0 Å². The van der Waals surface area contributed by atoms with Crippen LogP contribution in [0.1, 0.15) is 25.1 Å². The van der Waals surface area contributed by atoms with E-state index in [4.69, 9.17) is 10.00 Å². The molecule has 0 spiro atoms. The van der Waals surface area contributed by atoms with E-state index in [9.17, 15) is 4.39 Å². The molecule has 0 aliphatic carbocycles. The molecule has 0 saturated heterocycles. The molecule has 5 nitrogen and oxygen atoms in total. The number of hydrogen-bond acceptors (Lipinski definition) is 4. The zero-order valence-electron chi connectivity index (χ0n) is 11.9. The molecule has 0 atom stereocenters. The lowest BCUT2D eigenvalue weighted by Gasteiger charge is -2.14. The molecule has 0 radical (unpaired) electrons. The third kappa shape index (κ3) is 2.42. The fourth-order valence-electron chi connectivity index (χ4n) is 2.48. The van der Waals surface area contributed by atoms with Gasteiger partial charge in [-0.1, -0.05) is 0 Å². The Bertz CT molecular complexity index is 717. The normalized spacial score (nSPS) is 13.4. The maximum atomic E-state index is 13.6. The average molecular weight is 286 g/mol. The van der Waals surface area contributed by atoms with Crippen LogP contribution in [0.3, 0.4) is 0 Å². The summed E-state index contributed by atoms with van der Waals surface area (Å²) in [6, 6.07) is 4.40. The first-order valence-corrected chi connectivity index (χ1v) is 6.76. The number of aromatic nitrogens is 2. The maximum absolute atomic E-state index is 13.6. The molecule has 0 saturated carbocycles. The Morgan fingerprint density at radius 2 is 2.24 bits per heavy atom. The Kier molecular flexibility index (Phi) is 3.26. The Morgan fingerprint density at radius 3 is 2.95 bits per heavy atom. The number of nitrogens with zero attached hydrogens (tertiary/aromatic N) is 3. The number of fused-ring (bicyclic) bond motifs is 1. The van der Waals surface area contributed by atoms with Gasteiger partial charge >= 0.3 is 0 Å². The highest BCUT2D eigenvalue weighted by molar-refractivity contribution is 5.71. The molecule has 1 aromatic carbocycles. The number of ether oxygens (including phenoxy) is 1. The minimum Gasteiger partial charge on any atom is -0.490 e. The predicted octanol–water partition coefficient (Wildman–Crippen LogP) is 2.80. The molecule has 1 aromatic heterocycles. The number of halogens is 1. The SMILES string of the molecule is CC(C)Oc1ccc(F)cc1-c1n[nH]c2c1CN(C#N)C2. The molecule has 0 amide bonds. The molecule has 1 aliphatic heterocycles. The largest absolute Gasteiger partial charge is 0.490 e. The van der Waals surface area contributed by atoms with Gasteiger partial charge in [0.05, 0.1) is 24.9 Å². The maximum Gasteiger partial charge on any atom is 0.180 e. The third-order valence-electron chi connectivity index (χ3n) is 3.35. The number of benzene rings is 1. The number of rotatable bonds is 3. The van der Waals surface area contributed by atoms with Crippen LogP contribution < -0.4 is 4.74 Å². The van der Waals surface area contributed by atoms with Crippen molar-refractivity contribution in [3.63, 3.8) is 0 Å². The van der Waals surface area contributed by atoms with Gasteiger partial charge in [-0.05, 0) is 32.0 Å². The molecule has 108 valence electrons. The van der Waals surface area contributed by atoms with Crippen LogP contribution in [0.25, 0.3) is 11.3 Å². The molecule has 2 aromatic rings. The van der Waals surface area contributed by atoms with E-state index in [1.807, 2.05) is 13.8 Å². The Balaban J connectivity index is 2.06. The van der Waals surface area contributed by atoms with Crippen LogP contribution in [0.2, 0.25) is 0 Å². The molecule has 1 aliphatic rings. The van der Waals surface area contributed by atoms with Gasteiger partial charge in [0.15, 0.2) is 6.19 Å². The van der Waals surface area contributed by atoms with Crippen molar-refractivity contribution in [2.45, 2.75) is 33.0 Å². The van der Waals surface area contributed by atoms with Crippen molar-refractivity contribution >= 4 is 0 Å². The Labute approximate surface area is 122 Å². The van der Waals surface area contributed by atoms with Gasteiger partial charge < -0.3 is 9.64 Å². The third-order valence-corrected chi connectivity index (χ3v) is 3.35. The van der Waals surface area contributed by atoms with Gasteiger partial charge in [0.1, 0.15) is 17.3 Å². The van der Waals surface area contributed by atoms with E-state index < -0.39 is 0 Å². The number of nitrogens with one attached hydrogen (secondary N) is 1. The summed E-state index contributed by atoms with van der Waals surface area (Å²) in [5, 5.41) is 16.2. The van der Waals surface area contributed by atoms with Crippen LogP contribution in [0.15, 0.2) is 18.2 Å². The monoisotopic (exact) mass is 286 g/mol. The Hall–Kier alpha value is -2.55. The van der Waals surface area contributed by atoms with Gasteiger partial charge in [-0.15, -0.1) is 0 Å². The van der Waals surface area contributed by atoms with Crippen LogP contribution >= 0.6 is 0 Å². The lowest BCUT2D eigenvalue weighted by Crippen LogP contribution is -2.09. The smallest absolute Gasteiger partial charge is 0.180 e. The summed E-state index contributed by atoms with van der Waals surface area (Å²) in [6.07, 6.45) is 2.10. The minimum absolute atomic E-state index is 0.0168. The van der Waals surface area contributed by atoms with Gasteiger partial charge in [-0.25, -0.2) is 4.39 Å². The molecule has 3 rings (SSSR count). The predicted molar refractivity (Wildman–Crippen MR) is 74.6 cm³/mol. The molecule has 6 heteroatoms. The topological polar surface area (TPSA) is 64.9 Å². The molecule has 0 bridgehead atoms. The number of H-pyrrole nitrogens is 1. The molecule has 21 heavy (non-hydrogen) atoms. The molecular weight excluding hydrogens is 271 g/mol. The lowest BCUT2D eigenvalue weighted by molar-refractivity contribution is 0.243. The molecule has 0 fully saturated rings. The Morgan fingerprint density at radius 1 is 1.43 bits per heavy atom. The van der Waals surface area contributed by atoms with Gasteiger partial charge in [0.25, 0.3) is 0 Å². The fourth-order valence-corrected chi connectivity index (χ4v) is 2.48. The molecule has 2 heterocycles. The molecular formula is C15H15FN4O. The van der Waals surface area contributed by atoms with E-state index in [-0.39, 0.29) is 11.9 Å². The van der Waals surface area contributed by atoms with Crippen molar-refractivity contribution in [3.8, 4) is 23.2 Å². The first-order valence-electron chi connectivity index (χ1n) is 6.76. The summed E-state index contributed by atoms with van der Waals surface area (Å²) in [5.74, 6) is 0.254. The zero-order valence-corrected chi connectivity index (χ0v) is 11.9. The summed E-state index contributed by atoms with van der Waals surface area (Å²) >= 11 is 0. The second-order valence-electron chi connectivity index (χ2n) is 5.29. The zero-order chi connectivity index (χ0) is 15.0. The van der Waals surface area contributed by atoms with Crippen molar-refractivity contribution in [1.29, 1.82) is 5.26 Å². The summed E-state index contributed by atoms with van der Waals surface area (Å²) < 4.78 is 19.4. The first kappa shape index (κ1) is 13.4. The fraction of sp³-hybridized carbons (Fsp3) is 0.333. The van der Waals surface area contributed by atoms with E-state index in [2.05, 4.69) is 16.4 Å². The summed E-state index contributed by atoms with van der Waals surface area (Å²) in [6.45, 7) is 4.82. The van der Waals surface area contributed by atoms with Crippen LogP contribution in [0, 0.1) is 17.3 Å². The van der Waals surface area contributed by atoms with E-state index >= 15 is 0 Å². The second-order valence-corrected chi connectivity index (χ2v) is 5.29. The average Bonchev–Trinajstić information content (AvgIpc) is 3.00. The van der Waals surface area contributed by atoms with Crippen molar-refractivity contribution in [3.05, 3.63) is 35.3 Å². The quantitative estimate of drug-likeness (QED) is 0.881. The van der Waals surface area contributed by atoms with E-state index in [0.29, 0.717) is 30.1 Å². The van der Waals surface area contributed by atoms with E-state index in [1.54, 1.807) is 11.0 Å². The standard InChI is InChI=1S/C15H15FN4O/c1-9(2)21-14-4-3-10(16)5-11(14)15-12-6-20(8-17)7-13(12)18-19-15/h3-5,9H,6-7H2,1-2H3,(H,18,19). The number of aromatic amines is 1. The molecule has 1 N–H and O–H groups in total. The van der Waals surface area contributed by atoms with Gasteiger partial charge in [-0.3, -0.25) is 5.10 Å². The lowest BCUT2D eigenvalue weighted by atomic mass is 10.1. The van der Waals surface area contributed by atoms with Crippen LogP contribution in [0.5, 0.6) is 5.75 Å². The highest BCUT2D eigenvalue weighted by Crippen LogP contribution is 2.36. The van der Waals surface area contributed by atoms with Crippen LogP contribution in [0.4, 0.5) is 4.39 Å². The number of nitriles is 1. The van der Waals surface area contributed by atoms with Crippen molar-refractivity contribution < 1.29 is 9.13 Å². The van der Waals surface area contributed by atoms with Crippen LogP contribution in [-0.2, 0) is 13.1 Å². The van der Waals surface area contributed by atoms with E-state index in [1.165, 1.54) is 12.1 Å². The van der Waals surface area contributed by atoms with E-state index in [0.717, 1.165) is 11.3 Å². The summed E-state index contributed by atoms with van der Waals surface area (Å²) in [7, 11) is 0. The number of hydrogen-bond donors (Lipinski definition) is 1. The van der Waals surface area contributed by atoms with Crippen molar-refractivity contribution in [2.75, 3.05) is 0 Å².